The van der Waals surface area contributed by atoms with Crippen LogP contribution in [0.25, 0.3) is 0 Å². The summed E-state index contributed by atoms with van der Waals surface area (Å²) in [6.07, 6.45) is 6.24. The summed E-state index contributed by atoms with van der Waals surface area (Å²) in [5.74, 6) is -0.917. The Hall–Kier alpha value is -1.40. The van der Waals surface area contributed by atoms with Gasteiger partial charge in [-0.2, -0.15) is 0 Å². The zero-order valence-corrected chi connectivity index (χ0v) is 15.9. The van der Waals surface area contributed by atoms with Gasteiger partial charge < -0.3 is 19.7 Å². The van der Waals surface area contributed by atoms with E-state index in [1.54, 1.807) is 13.0 Å². The summed E-state index contributed by atoms with van der Waals surface area (Å²) in [5.41, 5.74) is -1.66. The lowest BCUT2D eigenvalue weighted by atomic mass is 9.39. The van der Waals surface area contributed by atoms with Crippen LogP contribution in [0.5, 0.6) is 0 Å². The Kier molecular flexibility index (Phi) is 4.72. The molecule has 4 saturated carbocycles. The third-order valence-electron chi connectivity index (χ3n) is 6.19. The first-order valence-corrected chi connectivity index (χ1v) is 9.39. The zero-order chi connectivity index (χ0) is 19.2. The molecule has 0 radical (unpaired) electrons. The highest BCUT2D eigenvalue weighted by molar-refractivity contribution is 5.82. The molecule has 6 nitrogen and oxygen atoms in total. The fourth-order valence-electron chi connectivity index (χ4n) is 6.61. The maximum Gasteiger partial charge on any atom is 0.330 e. The number of rotatable bonds is 6. The molecule has 2 N–H and O–H groups in total. The summed E-state index contributed by atoms with van der Waals surface area (Å²) in [6, 6.07) is 0. The molecule has 0 aromatic heterocycles. The van der Waals surface area contributed by atoms with Crippen LogP contribution in [0.1, 0.15) is 59.3 Å². The molecule has 0 aliphatic heterocycles. The first-order valence-electron chi connectivity index (χ1n) is 9.39. The number of aliphatic hydroxyl groups excluding tert-OH is 1. The van der Waals surface area contributed by atoms with Gasteiger partial charge in [-0.15, -0.1) is 0 Å². The van der Waals surface area contributed by atoms with Gasteiger partial charge in [-0.25, -0.2) is 4.79 Å². The quantitative estimate of drug-likeness (QED) is 0.552. The number of carbonyl (C=O) groups excluding carboxylic acids is 2. The second-order valence-corrected chi connectivity index (χ2v) is 9.53. The van der Waals surface area contributed by atoms with Crippen molar-refractivity contribution in [1.82, 2.24) is 0 Å². The van der Waals surface area contributed by atoms with E-state index < -0.39 is 29.7 Å². The van der Waals surface area contributed by atoms with E-state index in [9.17, 15) is 19.8 Å². The molecule has 4 bridgehead atoms. The highest BCUT2D eigenvalue weighted by Gasteiger charge is 2.68. The number of carbonyl (C=O) groups is 2. The molecule has 0 heterocycles. The van der Waals surface area contributed by atoms with E-state index in [0.29, 0.717) is 19.3 Å². The molecule has 4 aliphatic carbocycles. The van der Waals surface area contributed by atoms with Gasteiger partial charge in [-0.3, -0.25) is 4.79 Å². The topological polar surface area (TPSA) is 93.1 Å². The molecule has 0 aromatic rings. The number of aliphatic hydroxyl groups is 2. The van der Waals surface area contributed by atoms with E-state index in [1.165, 1.54) is 6.08 Å². The minimum atomic E-state index is -0.889. The van der Waals surface area contributed by atoms with Crippen LogP contribution in [0.4, 0.5) is 0 Å². The third-order valence-corrected chi connectivity index (χ3v) is 6.19. The molecule has 146 valence electrons. The number of ether oxygens (including phenoxy) is 2. The lowest BCUT2D eigenvalue weighted by Crippen LogP contribution is -2.65. The maximum absolute atomic E-state index is 13.1. The minimum absolute atomic E-state index is 0.0651. The first-order chi connectivity index (χ1) is 12.0. The average Bonchev–Trinajstić information content (AvgIpc) is 2.46. The van der Waals surface area contributed by atoms with Gasteiger partial charge in [0.1, 0.15) is 6.61 Å². The largest absolute Gasteiger partial charge is 0.458 e. The predicted octanol–water partition coefficient (Wildman–Crippen LogP) is 2.12. The smallest absolute Gasteiger partial charge is 0.330 e. The Balaban J connectivity index is 1.71. The van der Waals surface area contributed by atoms with Crippen molar-refractivity contribution in [3.63, 3.8) is 0 Å². The Morgan fingerprint density at radius 2 is 1.69 bits per heavy atom. The van der Waals surface area contributed by atoms with E-state index in [0.717, 1.165) is 19.3 Å². The van der Waals surface area contributed by atoms with Gasteiger partial charge in [0.2, 0.25) is 0 Å². The Labute approximate surface area is 154 Å². The van der Waals surface area contributed by atoms with E-state index in [2.05, 4.69) is 13.8 Å². The molecular formula is C20H30O6. The first kappa shape index (κ1) is 19.4. The molecule has 6 heteroatoms. The molecule has 3 atom stereocenters. The van der Waals surface area contributed by atoms with Crippen molar-refractivity contribution in [3.05, 3.63) is 12.2 Å². The lowest BCUT2D eigenvalue weighted by molar-refractivity contribution is -0.237. The molecule has 4 rings (SSSR count). The second kappa shape index (κ2) is 6.34. The normalized spacial score (nSPS) is 42.0. The average molecular weight is 366 g/mol. The molecule has 0 spiro atoms. The number of hydrogen-bond acceptors (Lipinski definition) is 6. The minimum Gasteiger partial charge on any atom is -0.458 e. The second-order valence-electron chi connectivity index (χ2n) is 9.53. The van der Waals surface area contributed by atoms with E-state index in [4.69, 9.17) is 9.47 Å². The Morgan fingerprint density at radius 1 is 1.08 bits per heavy atom. The molecule has 0 aromatic carbocycles. The summed E-state index contributed by atoms with van der Waals surface area (Å²) in [4.78, 5) is 24.5. The Morgan fingerprint density at radius 3 is 2.19 bits per heavy atom. The highest BCUT2D eigenvalue weighted by atomic mass is 16.6. The number of allylic oxidation sites excluding steroid dienone is 1. The summed E-state index contributed by atoms with van der Waals surface area (Å²) < 4.78 is 10.5. The molecular weight excluding hydrogens is 336 g/mol. The van der Waals surface area contributed by atoms with Crippen molar-refractivity contribution in [2.45, 2.75) is 71.0 Å². The molecule has 26 heavy (non-hydrogen) atoms. The molecule has 0 saturated heterocycles. The van der Waals surface area contributed by atoms with Crippen molar-refractivity contribution in [2.24, 2.45) is 16.2 Å². The van der Waals surface area contributed by atoms with Gasteiger partial charge in [0.05, 0.1) is 17.6 Å². The summed E-state index contributed by atoms with van der Waals surface area (Å²) >= 11 is 0. The molecule has 3 unspecified atom stereocenters. The Bertz CT molecular complexity index is 570. The molecule has 4 fully saturated rings. The van der Waals surface area contributed by atoms with Gasteiger partial charge in [0.25, 0.3) is 0 Å². The van der Waals surface area contributed by atoms with Gasteiger partial charge in [0, 0.05) is 6.08 Å². The van der Waals surface area contributed by atoms with Crippen molar-refractivity contribution in [3.8, 4) is 0 Å². The fraction of sp³-hybridized carbons (Fsp3) is 0.800. The summed E-state index contributed by atoms with van der Waals surface area (Å²) in [6.45, 7) is 5.41. The lowest BCUT2D eigenvalue weighted by Gasteiger charge is -2.66. The number of esters is 2. The van der Waals surface area contributed by atoms with Gasteiger partial charge in [-0.05, 0) is 56.3 Å². The van der Waals surface area contributed by atoms with Crippen LogP contribution >= 0.6 is 0 Å². The van der Waals surface area contributed by atoms with Crippen LogP contribution in [0.3, 0.4) is 0 Å². The van der Waals surface area contributed by atoms with Gasteiger partial charge >= 0.3 is 11.9 Å². The summed E-state index contributed by atoms with van der Waals surface area (Å²) in [5, 5.41) is 20.6. The standard InChI is InChI=1S/C20H30O6/c1-4-5-15(22)25-7-14(6-21)26-16(23)19-9-17(2)8-18(3,10-19)12-20(24,11-17)13-19/h4-5,14,21,24H,6-13H2,1-3H3. The monoisotopic (exact) mass is 366 g/mol. The van der Waals surface area contributed by atoms with Crippen LogP contribution < -0.4 is 0 Å². The van der Waals surface area contributed by atoms with Crippen molar-refractivity contribution < 1.29 is 29.3 Å². The van der Waals surface area contributed by atoms with Crippen LogP contribution in [0, 0.1) is 16.2 Å². The van der Waals surface area contributed by atoms with Crippen LogP contribution in [0.2, 0.25) is 0 Å². The van der Waals surface area contributed by atoms with Crippen molar-refractivity contribution >= 4 is 11.9 Å². The van der Waals surface area contributed by atoms with E-state index >= 15 is 0 Å². The highest BCUT2D eigenvalue weighted by Crippen LogP contribution is 2.71. The molecule has 4 aliphatic rings. The van der Waals surface area contributed by atoms with E-state index in [-0.39, 0.29) is 23.4 Å². The summed E-state index contributed by atoms with van der Waals surface area (Å²) in [7, 11) is 0. The van der Waals surface area contributed by atoms with Crippen LogP contribution in [-0.4, -0.2) is 47.1 Å². The van der Waals surface area contributed by atoms with Crippen molar-refractivity contribution in [2.75, 3.05) is 13.2 Å². The van der Waals surface area contributed by atoms with Crippen LogP contribution in [-0.2, 0) is 19.1 Å². The fourth-order valence-corrected chi connectivity index (χ4v) is 6.61. The van der Waals surface area contributed by atoms with Gasteiger partial charge in [-0.1, -0.05) is 19.9 Å². The van der Waals surface area contributed by atoms with Crippen LogP contribution in [0.15, 0.2) is 12.2 Å². The molecule has 0 amide bonds. The predicted molar refractivity (Wildman–Crippen MR) is 94.0 cm³/mol. The van der Waals surface area contributed by atoms with E-state index in [1.807, 2.05) is 0 Å². The maximum atomic E-state index is 13.1. The number of hydrogen-bond donors (Lipinski definition) is 2. The van der Waals surface area contributed by atoms with Crippen molar-refractivity contribution in [1.29, 1.82) is 0 Å². The van der Waals surface area contributed by atoms with Gasteiger partial charge in [0.15, 0.2) is 6.10 Å². The third kappa shape index (κ3) is 3.54. The SMILES string of the molecule is CC=CC(=O)OCC(CO)OC(=O)C12CC3(C)CC(C)(CC(O)(C3)C1)C2. The zero-order valence-electron chi connectivity index (χ0n) is 15.9.